The summed E-state index contributed by atoms with van der Waals surface area (Å²) in [4.78, 5) is 17.3. The Morgan fingerprint density at radius 2 is 2.00 bits per heavy atom. The minimum absolute atomic E-state index is 0.0623. The number of carbonyl (C=O) groups is 1. The number of nitrogens with zero attached hydrogens (tertiary/aromatic N) is 1. The van der Waals surface area contributed by atoms with Gasteiger partial charge in [0.15, 0.2) is 0 Å². The molecular weight excluding hydrogens is 360 g/mol. The van der Waals surface area contributed by atoms with Gasteiger partial charge >= 0.3 is 5.97 Å². The molecule has 0 unspecified atom stereocenters. The van der Waals surface area contributed by atoms with Gasteiger partial charge in [0.2, 0.25) is 0 Å². The Morgan fingerprint density at radius 1 is 1.22 bits per heavy atom. The highest BCUT2D eigenvalue weighted by atomic mass is 35.5. The van der Waals surface area contributed by atoms with Crippen LogP contribution in [0.1, 0.15) is 47.1 Å². The fraction of sp³-hybridized carbons (Fsp3) is 0.273. The number of carbonyl (C=O) groups excluding carboxylic acids is 1. The molecule has 1 N–H and O–H groups in total. The third-order valence-electron chi connectivity index (χ3n) is 4.63. The monoisotopic (exact) mass is 382 g/mol. The largest absolute Gasteiger partial charge is 0.462 e. The Morgan fingerprint density at radius 3 is 2.74 bits per heavy atom. The van der Waals surface area contributed by atoms with E-state index in [0.717, 1.165) is 22.0 Å². The number of esters is 1. The maximum Gasteiger partial charge on any atom is 0.340 e. The lowest BCUT2D eigenvalue weighted by Gasteiger charge is -2.18. The zero-order valence-corrected chi connectivity index (χ0v) is 16.5. The van der Waals surface area contributed by atoms with Crippen LogP contribution in [0.25, 0.3) is 10.9 Å². The molecule has 0 radical (unpaired) electrons. The van der Waals surface area contributed by atoms with Crippen molar-refractivity contribution in [3.63, 3.8) is 0 Å². The molecule has 1 aromatic heterocycles. The highest BCUT2D eigenvalue weighted by molar-refractivity contribution is 6.30. The number of ether oxygens (including phenoxy) is 1. The average molecular weight is 383 g/mol. The third kappa shape index (κ3) is 4.29. The van der Waals surface area contributed by atoms with Crippen molar-refractivity contribution >= 4 is 28.5 Å². The van der Waals surface area contributed by atoms with Crippen LogP contribution in [0.4, 0.5) is 0 Å². The molecule has 0 aliphatic rings. The Bertz CT molecular complexity index is 972. The van der Waals surface area contributed by atoms with Gasteiger partial charge in [0.25, 0.3) is 0 Å². The molecule has 5 heteroatoms. The number of rotatable bonds is 6. The van der Waals surface area contributed by atoms with Crippen molar-refractivity contribution in [2.75, 3.05) is 6.61 Å². The second kappa shape index (κ2) is 8.51. The van der Waals surface area contributed by atoms with E-state index >= 15 is 0 Å². The molecule has 2 aromatic carbocycles. The molecule has 0 aliphatic carbocycles. The fourth-order valence-electron chi connectivity index (χ4n) is 3.19. The predicted molar refractivity (Wildman–Crippen MR) is 109 cm³/mol. The van der Waals surface area contributed by atoms with Crippen LogP contribution in [0.15, 0.2) is 48.5 Å². The number of aromatic nitrogens is 1. The Kier molecular flexibility index (Phi) is 6.09. The third-order valence-corrected chi connectivity index (χ3v) is 4.87. The summed E-state index contributed by atoms with van der Waals surface area (Å²) in [7, 11) is 0. The van der Waals surface area contributed by atoms with Crippen molar-refractivity contribution in [2.24, 2.45) is 0 Å². The molecule has 0 amide bonds. The number of nitrogens with one attached hydrogen (secondary N) is 1. The summed E-state index contributed by atoms with van der Waals surface area (Å²) in [6.07, 6.45) is 0. The second-order valence-electron chi connectivity index (χ2n) is 6.45. The molecule has 0 spiro atoms. The number of halogens is 1. The summed E-state index contributed by atoms with van der Waals surface area (Å²) in [6.45, 7) is 6.59. The van der Waals surface area contributed by atoms with Crippen LogP contribution < -0.4 is 5.32 Å². The summed E-state index contributed by atoms with van der Waals surface area (Å²) in [5.74, 6) is -0.333. The van der Waals surface area contributed by atoms with Crippen molar-refractivity contribution in [1.29, 1.82) is 0 Å². The van der Waals surface area contributed by atoms with Crippen LogP contribution in [0, 0.1) is 6.92 Å². The molecule has 0 saturated carbocycles. The van der Waals surface area contributed by atoms with E-state index in [1.807, 2.05) is 55.5 Å². The van der Waals surface area contributed by atoms with E-state index in [0.29, 0.717) is 29.4 Å². The van der Waals surface area contributed by atoms with Crippen LogP contribution >= 0.6 is 11.6 Å². The topological polar surface area (TPSA) is 51.2 Å². The SMILES string of the molecule is CCOC(=O)c1c(CN[C@@H](C)c2cccc(Cl)c2)nc2ccccc2c1C. The smallest absolute Gasteiger partial charge is 0.340 e. The first-order valence-corrected chi connectivity index (χ1v) is 9.43. The summed E-state index contributed by atoms with van der Waals surface area (Å²) >= 11 is 6.09. The molecule has 1 heterocycles. The van der Waals surface area contributed by atoms with Gasteiger partial charge in [0, 0.05) is 23.0 Å². The number of para-hydroxylation sites is 1. The van der Waals surface area contributed by atoms with Gasteiger partial charge in [0.1, 0.15) is 0 Å². The van der Waals surface area contributed by atoms with Crippen LogP contribution in [0.5, 0.6) is 0 Å². The predicted octanol–water partition coefficient (Wildman–Crippen LogP) is 5.22. The lowest BCUT2D eigenvalue weighted by molar-refractivity contribution is 0.0523. The van der Waals surface area contributed by atoms with Gasteiger partial charge in [-0.2, -0.15) is 0 Å². The second-order valence-corrected chi connectivity index (χ2v) is 6.89. The van der Waals surface area contributed by atoms with Gasteiger partial charge in [-0.3, -0.25) is 4.98 Å². The first-order chi connectivity index (χ1) is 13.0. The van der Waals surface area contributed by atoms with Gasteiger partial charge in [-0.15, -0.1) is 0 Å². The number of pyridine rings is 1. The number of fused-ring (bicyclic) bond motifs is 1. The molecule has 0 aliphatic heterocycles. The molecule has 140 valence electrons. The number of benzene rings is 2. The van der Waals surface area contributed by atoms with Gasteiger partial charge in [-0.1, -0.05) is 41.9 Å². The van der Waals surface area contributed by atoms with Gasteiger partial charge in [-0.05, 0) is 50.1 Å². The van der Waals surface area contributed by atoms with Gasteiger partial charge < -0.3 is 10.1 Å². The molecule has 0 bridgehead atoms. The molecule has 0 fully saturated rings. The molecule has 3 aromatic rings. The summed E-state index contributed by atoms with van der Waals surface area (Å²) in [5, 5.41) is 5.11. The molecule has 3 rings (SSSR count). The molecular formula is C22H23ClN2O2. The first kappa shape index (κ1) is 19.3. The van der Waals surface area contributed by atoms with E-state index in [1.165, 1.54) is 0 Å². The number of hydrogen-bond donors (Lipinski definition) is 1. The minimum Gasteiger partial charge on any atom is -0.462 e. The average Bonchev–Trinajstić information content (AvgIpc) is 2.66. The Balaban J connectivity index is 1.94. The zero-order chi connectivity index (χ0) is 19.4. The maximum absolute atomic E-state index is 12.6. The summed E-state index contributed by atoms with van der Waals surface area (Å²) in [5.41, 5.74) is 4.08. The maximum atomic E-state index is 12.6. The van der Waals surface area contributed by atoms with Crippen LogP contribution in [-0.4, -0.2) is 17.6 Å². The van der Waals surface area contributed by atoms with E-state index in [1.54, 1.807) is 6.92 Å². The van der Waals surface area contributed by atoms with E-state index < -0.39 is 0 Å². The highest BCUT2D eigenvalue weighted by Gasteiger charge is 2.20. The van der Waals surface area contributed by atoms with Crippen molar-refractivity contribution in [3.8, 4) is 0 Å². The van der Waals surface area contributed by atoms with Crippen LogP contribution in [0.3, 0.4) is 0 Å². The molecule has 1 atom stereocenters. The van der Waals surface area contributed by atoms with Crippen molar-refractivity contribution < 1.29 is 9.53 Å². The summed E-state index contributed by atoms with van der Waals surface area (Å²) < 4.78 is 5.28. The minimum atomic E-state index is -0.333. The van der Waals surface area contributed by atoms with Gasteiger partial charge in [0.05, 0.1) is 23.4 Å². The lowest BCUT2D eigenvalue weighted by atomic mass is 10.0. The quantitative estimate of drug-likeness (QED) is 0.593. The Hall–Kier alpha value is -2.43. The molecule has 0 saturated heterocycles. The zero-order valence-electron chi connectivity index (χ0n) is 15.8. The van der Waals surface area contributed by atoms with Crippen molar-refractivity contribution in [2.45, 2.75) is 33.4 Å². The number of aryl methyl sites for hydroxylation is 1. The van der Waals surface area contributed by atoms with E-state index in [9.17, 15) is 4.79 Å². The molecule has 4 nitrogen and oxygen atoms in total. The molecule has 27 heavy (non-hydrogen) atoms. The van der Waals surface area contributed by atoms with E-state index in [2.05, 4.69) is 12.2 Å². The van der Waals surface area contributed by atoms with E-state index in [4.69, 9.17) is 21.3 Å². The fourth-order valence-corrected chi connectivity index (χ4v) is 3.39. The van der Waals surface area contributed by atoms with Crippen LogP contribution in [-0.2, 0) is 11.3 Å². The standard InChI is InChI=1S/C22H23ClN2O2/c1-4-27-22(26)21-14(2)18-10-5-6-11-19(18)25-20(21)13-24-15(3)16-8-7-9-17(23)12-16/h5-12,15,24H,4,13H2,1-3H3/t15-/m0/s1. The van der Waals surface area contributed by atoms with Crippen molar-refractivity contribution in [3.05, 3.63) is 75.9 Å². The van der Waals surface area contributed by atoms with Crippen LogP contribution in [0.2, 0.25) is 5.02 Å². The normalized spacial score (nSPS) is 12.1. The van der Waals surface area contributed by atoms with Gasteiger partial charge in [-0.25, -0.2) is 4.79 Å². The highest BCUT2D eigenvalue weighted by Crippen LogP contribution is 2.25. The first-order valence-electron chi connectivity index (χ1n) is 9.05. The van der Waals surface area contributed by atoms with Crippen molar-refractivity contribution in [1.82, 2.24) is 10.3 Å². The lowest BCUT2D eigenvalue weighted by Crippen LogP contribution is -2.22. The summed E-state index contributed by atoms with van der Waals surface area (Å²) in [6, 6.07) is 15.6. The van der Waals surface area contributed by atoms with E-state index in [-0.39, 0.29) is 12.0 Å². The number of hydrogen-bond acceptors (Lipinski definition) is 4. The Labute approximate surface area is 164 Å².